The highest BCUT2D eigenvalue weighted by Crippen LogP contribution is 2.45. The highest BCUT2D eigenvalue weighted by Gasteiger charge is 2.49. The molecule has 3 heterocycles. The Bertz CT molecular complexity index is 1360. The van der Waals surface area contributed by atoms with Crippen LogP contribution in [0.15, 0.2) is 40.9 Å². The zero-order valence-corrected chi connectivity index (χ0v) is 21.8. The van der Waals surface area contributed by atoms with Crippen LogP contribution >= 0.6 is 15.9 Å². The minimum atomic E-state index is -0.753. The molecule has 10 heteroatoms. The number of benzene rings is 2. The summed E-state index contributed by atoms with van der Waals surface area (Å²) in [5, 5.41) is 0.122. The second-order valence-electron chi connectivity index (χ2n) is 9.99. The first kappa shape index (κ1) is 24.7. The molecule has 5 rings (SSSR count). The molecule has 2 atom stereocenters. The monoisotopic (exact) mass is 560 g/mol. The van der Waals surface area contributed by atoms with Gasteiger partial charge in [-0.15, -0.1) is 0 Å². The van der Waals surface area contributed by atoms with E-state index in [4.69, 9.17) is 4.84 Å². The fourth-order valence-electron chi connectivity index (χ4n) is 5.15. The number of halogens is 3. The minimum Gasteiger partial charge on any atom is -0.350 e. The van der Waals surface area contributed by atoms with Crippen LogP contribution in [0.1, 0.15) is 42.7 Å². The van der Waals surface area contributed by atoms with Gasteiger partial charge < -0.3 is 14.8 Å². The van der Waals surface area contributed by atoms with Crippen LogP contribution in [0.2, 0.25) is 0 Å². The summed E-state index contributed by atoms with van der Waals surface area (Å²) in [7, 11) is 1.57. The number of hydrogen-bond donors (Lipinski definition) is 2. The first-order chi connectivity index (χ1) is 17.1. The molecular weight excluding hydrogens is 534 g/mol. The lowest BCUT2D eigenvalue weighted by molar-refractivity contribution is -0.136. The van der Waals surface area contributed by atoms with E-state index in [-0.39, 0.29) is 28.4 Å². The third-order valence-electron chi connectivity index (χ3n) is 7.02. The van der Waals surface area contributed by atoms with E-state index < -0.39 is 29.2 Å². The number of rotatable bonds is 5. The highest BCUT2D eigenvalue weighted by atomic mass is 79.9. The van der Waals surface area contributed by atoms with Gasteiger partial charge in [0.15, 0.2) is 0 Å². The van der Waals surface area contributed by atoms with Crippen molar-refractivity contribution in [1.29, 1.82) is 0 Å². The number of hydrogen-bond acceptors (Lipinski definition) is 4. The number of aromatic nitrogens is 1. The van der Waals surface area contributed by atoms with Crippen molar-refractivity contribution in [3.05, 3.63) is 63.8 Å². The molecule has 2 aromatic carbocycles. The van der Waals surface area contributed by atoms with Gasteiger partial charge in [-0.05, 0) is 42.7 Å². The molecule has 2 aliphatic heterocycles. The maximum absolute atomic E-state index is 14.2. The van der Waals surface area contributed by atoms with Crippen molar-refractivity contribution in [3.8, 4) is 0 Å². The molecule has 1 aromatic heterocycles. The zero-order chi connectivity index (χ0) is 25.8. The Labute approximate surface area is 215 Å². The van der Waals surface area contributed by atoms with Gasteiger partial charge in [0.1, 0.15) is 29.0 Å². The Morgan fingerprint density at radius 3 is 2.75 bits per heavy atom. The van der Waals surface area contributed by atoms with Gasteiger partial charge >= 0.3 is 0 Å². The molecule has 0 saturated carbocycles. The maximum atomic E-state index is 14.2. The Kier molecular flexibility index (Phi) is 6.28. The molecule has 2 amide bonds. The molecule has 0 unspecified atom stereocenters. The van der Waals surface area contributed by atoms with Gasteiger partial charge in [0.05, 0.1) is 17.7 Å². The summed E-state index contributed by atoms with van der Waals surface area (Å²) in [6.07, 6.45) is 1.07. The Balaban J connectivity index is 1.39. The topological polar surface area (TPSA) is 77.7 Å². The largest absolute Gasteiger partial charge is 0.350 e. The van der Waals surface area contributed by atoms with E-state index in [0.29, 0.717) is 25.9 Å². The molecule has 1 saturated heterocycles. The number of carbonyl (C=O) groups excluding carboxylic acids is 2. The third kappa shape index (κ3) is 4.26. The van der Waals surface area contributed by atoms with Crippen LogP contribution < -0.4 is 5.48 Å². The fourth-order valence-corrected chi connectivity index (χ4v) is 5.51. The fraction of sp³-hybridized carbons (Fsp3) is 0.385. The molecule has 0 aliphatic carbocycles. The lowest BCUT2D eigenvalue weighted by Crippen LogP contribution is -2.50. The van der Waals surface area contributed by atoms with Crippen LogP contribution in [-0.4, -0.2) is 52.8 Å². The number of likely N-dealkylation sites (N-methyl/N-ethyl adjacent to an activating group) is 1. The standard InChI is InChI=1S/C26H27BrF2N4O3/c1-14(2)8-23(32(3)24(34)22-12-17-19(29)10-16(28)11-21(17)30-22)25(35)33-7-6-26(13-33)18-9-15(27)4-5-20(18)31-36-26/h4-5,9-12,14,23,30-31H,6-8,13H2,1-3H3/t23-,26-/m0/s1. The minimum absolute atomic E-state index is 0.0959. The average molecular weight is 561 g/mol. The van der Waals surface area contributed by atoms with Gasteiger partial charge in [0.2, 0.25) is 5.91 Å². The van der Waals surface area contributed by atoms with Crippen LogP contribution in [0.3, 0.4) is 0 Å². The van der Waals surface area contributed by atoms with Crippen molar-refractivity contribution in [1.82, 2.24) is 14.8 Å². The molecule has 2 N–H and O–H groups in total. The molecule has 2 aliphatic rings. The SMILES string of the molecule is CC(C)C[C@@H](C(=O)N1CC[C@@]2(C1)ONc1ccc(Br)cc12)N(C)C(=O)c1cc2c(F)cc(F)cc2[nH]1. The number of carbonyl (C=O) groups is 2. The van der Waals surface area contributed by atoms with E-state index in [1.165, 1.54) is 11.0 Å². The predicted molar refractivity (Wildman–Crippen MR) is 135 cm³/mol. The summed E-state index contributed by atoms with van der Waals surface area (Å²) in [4.78, 5) is 39.1. The molecular formula is C26H27BrF2N4O3. The number of H-pyrrole nitrogens is 1. The van der Waals surface area contributed by atoms with Crippen LogP contribution in [-0.2, 0) is 15.2 Å². The van der Waals surface area contributed by atoms with Crippen molar-refractivity contribution >= 4 is 44.3 Å². The highest BCUT2D eigenvalue weighted by molar-refractivity contribution is 9.10. The number of anilines is 1. The van der Waals surface area contributed by atoms with Crippen LogP contribution in [0.5, 0.6) is 0 Å². The zero-order valence-electron chi connectivity index (χ0n) is 20.2. The number of nitrogens with zero attached hydrogens (tertiary/aromatic N) is 2. The number of aromatic amines is 1. The Morgan fingerprint density at radius 2 is 2.00 bits per heavy atom. The van der Waals surface area contributed by atoms with E-state index in [9.17, 15) is 18.4 Å². The lowest BCUT2D eigenvalue weighted by Gasteiger charge is -2.32. The number of amides is 2. The van der Waals surface area contributed by atoms with Gasteiger partial charge in [-0.25, -0.2) is 8.78 Å². The van der Waals surface area contributed by atoms with Crippen molar-refractivity contribution < 1.29 is 23.2 Å². The molecule has 3 aromatic rings. The van der Waals surface area contributed by atoms with Gasteiger partial charge in [-0.3, -0.25) is 19.9 Å². The lowest BCUT2D eigenvalue weighted by atomic mass is 9.92. The molecule has 36 heavy (non-hydrogen) atoms. The van der Waals surface area contributed by atoms with Crippen molar-refractivity contribution in [2.75, 3.05) is 25.6 Å². The second-order valence-corrected chi connectivity index (χ2v) is 10.9. The smallest absolute Gasteiger partial charge is 0.270 e. The number of fused-ring (bicyclic) bond motifs is 3. The van der Waals surface area contributed by atoms with Crippen molar-refractivity contribution in [2.45, 2.75) is 38.3 Å². The third-order valence-corrected chi connectivity index (χ3v) is 7.52. The van der Waals surface area contributed by atoms with Crippen LogP contribution in [0, 0.1) is 17.6 Å². The summed E-state index contributed by atoms with van der Waals surface area (Å²) < 4.78 is 28.8. The Morgan fingerprint density at radius 1 is 1.22 bits per heavy atom. The molecule has 1 spiro atoms. The molecule has 7 nitrogen and oxygen atoms in total. The maximum Gasteiger partial charge on any atom is 0.270 e. The molecule has 0 radical (unpaired) electrons. The van der Waals surface area contributed by atoms with Gasteiger partial charge in [-0.2, -0.15) is 0 Å². The average Bonchev–Trinajstić information content (AvgIpc) is 3.54. The first-order valence-electron chi connectivity index (χ1n) is 11.9. The van der Waals surface area contributed by atoms with E-state index in [1.54, 1.807) is 11.9 Å². The normalized spacial score (nSPS) is 19.7. The quantitative estimate of drug-likeness (QED) is 0.450. The molecule has 0 bridgehead atoms. The molecule has 190 valence electrons. The Hall–Kier alpha value is -2.98. The summed E-state index contributed by atoms with van der Waals surface area (Å²) >= 11 is 3.51. The van der Waals surface area contributed by atoms with Crippen LogP contribution in [0.4, 0.5) is 14.5 Å². The second kappa shape index (κ2) is 9.15. The van der Waals surface area contributed by atoms with Crippen molar-refractivity contribution in [2.24, 2.45) is 5.92 Å². The number of likely N-dealkylation sites (tertiary alicyclic amines) is 1. The van der Waals surface area contributed by atoms with Crippen molar-refractivity contribution in [3.63, 3.8) is 0 Å². The molecule has 1 fully saturated rings. The van der Waals surface area contributed by atoms with Crippen LogP contribution in [0.25, 0.3) is 10.9 Å². The number of nitrogens with one attached hydrogen (secondary N) is 2. The summed E-state index contributed by atoms with van der Waals surface area (Å²) in [5.41, 5.74) is 4.48. The van der Waals surface area contributed by atoms with E-state index in [0.717, 1.165) is 27.9 Å². The van der Waals surface area contributed by atoms with Gasteiger partial charge in [0.25, 0.3) is 5.91 Å². The summed E-state index contributed by atoms with van der Waals surface area (Å²) in [6.45, 7) is 4.82. The van der Waals surface area contributed by atoms with Gasteiger partial charge in [0, 0.05) is 41.5 Å². The summed E-state index contributed by atoms with van der Waals surface area (Å²) in [5.74, 6) is -1.98. The predicted octanol–water partition coefficient (Wildman–Crippen LogP) is 5.18. The van der Waals surface area contributed by atoms with E-state index in [1.807, 2.05) is 32.0 Å². The van der Waals surface area contributed by atoms with Gasteiger partial charge in [-0.1, -0.05) is 29.8 Å². The summed E-state index contributed by atoms with van der Waals surface area (Å²) in [6, 6.07) is 8.41. The van der Waals surface area contributed by atoms with E-state index in [2.05, 4.69) is 26.4 Å². The van der Waals surface area contributed by atoms with E-state index >= 15 is 0 Å². The first-order valence-corrected chi connectivity index (χ1v) is 12.6.